The topological polar surface area (TPSA) is 15.3 Å². The summed E-state index contributed by atoms with van der Waals surface area (Å²) in [5.41, 5.74) is 4.34. The van der Waals surface area contributed by atoms with Crippen molar-refractivity contribution in [1.82, 2.24) is 5.32 Å². The lowest BCUT2D eigenvalue weighted by Gasteiger charge is -2.33. The molecule has 16 heavy (non-hydrogen) atoms. The van der Waals surface area contributed by atoms with Crippen LogP contribution in [-0.4, -0.2) is 26.2 Å². The highest BCUT2D eigenvalue weighted by molar-refractivity contribution is 5.56. The molecule has 1 aromatic carbocycles. The van der Waals surface area contributed by atoms with Gasteiger partial charge in [-0.15, -0.1) is 0 Å². The van der Waals surface area contributed by atoms with Gasteiger partial charge in [0.2, 0.25) is 0 Å². The molecule has 0 saturated heterocycles. The van der Waals surface area contributed by atoms with E-state index in [1.165, 1.54) is 36.2 Å². The molecule has 0 bridgehead atoms. The highest BCUT2D eigenvalue weighted by Gasteiger charge is 2.17. The molecule has 1 unspecified atom stereocenters. The lowest BCUT2D eigenvalue weighted by Crippen LogP contribution is -2.40. The van der Waals surface area contributed by atoms with Crippen molar-refractivity contribution in [1.29, 1.82) is 0 Å². The standard InChI is InChI=1S/C14H22N2/c1-11-6-7-14-13(9-11)5-4-8-16(14)10-12(2)15-3/h6-7,9,12,15H,4-5,8,10H2,1-3H3. The molecule has 0 spiro atoms. The van der Waals surface area contributed by atoms with Gasteiger partial charge in [0.15, 0.2) is 0 Å². The fourth-order valence-corrected chi connectivity index (χ4v) is 2.42. The van der Waals surface area contributed by atoms with E-state index >= 15 is 0 Å². The molecule has 0 saturated carbocycles. The maximum atomic E-state index is 3.31. The van der Waals surface area contributed by atoms with Crippen LogP contribution >= 0.6 is 0 Å². The van der Waals surface area contributed by atoms with Crippen molar-refractivity contribution in [3.05, 3.63) is 29.3 Å². The summed E-state index contributed by atoms with van der Waals surface area (Å²) in [5, 5.41) is 3.31. The third kappa shape index (κ3) is 2.38. The second-order valence-electron chi connectivity index (χ2n) is 4.87. The van der Waals surface area contributed by atoms with Crippen LogP contribution in [0.25, 0.3) is 0 Å². The Morgan fingerprint density at radius 2 is 2.25 bits per heavy atom. The predicted molar refractivity (Wildman–Crippen MR) is 70.2 cm³/mol. The van der Waals surface area contributed by atoms with Crippen molar-refractivity contribution in [3.8, 4) is 0 Å². The highest BCUT2D eigenvalue weighted by atomic mass is 15.2. The number of anilines is 1. The van der Waals surface area contributed by atoms with Crippen LogP contribution in [0.3, 0.4) is 0 Å². The monoisotopic (exact) mass is 218 g/mol. The van der Waals surface area contributed by atoms with Crippen molar-refractivity contribution in [2.24, 2.45) is 0 Å². The number of fused-ring (bicyclic) bond motifs is 1. The van der Waals surface area contributed by atoms with Gasteiger partial charge in [0.1, 0.15) is 0 Å². The molecule has 1 aliphatic rings. The van der Waals surface area contributed by atoms with Crippen LogP contribution in [0, 0.1) is 6.92 Å². The quantitative estimate of drug-likeness (QED) is 0.838. The first kappa shape index (κ1) is 11.5. The van der Waals surface area contributed by atoms with Gasteiger partial charge in [-0.25, -0.2) is 0 Å². The van der Waals surface area contributed by atoms with E-state index in [-0.39, 0.29) is 0 Å². The molecule has 1 aliphatic heterocycles. The molecule has 2 heteroatoms. The zero-order valence-electron chi connectivity index (χ0n) is 10.6. The third-order valence-electron chi connectivity index (χ3n) is 3.44. The van der Waals surface area contributed by atoms with Crippen molar-refractivity contribution >= 4 is 5.69 Å². The molecule has 1 heterocycles. The van der Waals surface area contributed by atoms with Crippen LogP contribution in [0.5, 0.6) is 0 Å². The maximum absolute atomic E-state index is 3.31. The summed E-state index contributed by atoms with van der Waals surface area (Å²) >= 11 is 0. The van der Waals surface area contributed by atoms with Crippen LogP contribution in [0.2, 0.25) is 0 Å². The van der Waals surface area contributed by atoms with Gasteiger partial charge in [0.05, 0.1) is 0 Å². The Morgan fingerprint density at radius 3 is 3.00 bits per heavy atom. The fourth-order valence-electron chi connectivity index (χ4n) is 2.42. The summed E-state index contributed by atoms with van der Waals surface area (Å²) in [7, 11) is 2.03. The Kier molecular flexibility index (Phi) is 3.49. The zero-order chi connectivity index (χ0) is 11.5. The minimum atomic E-state index is 0.548. The minimum Gasteiger partial charge on any atom is -0.370 e. The molecular weight excluding hydrogens is 196 g/mol. The number of hydrogen-bond donors (Lipinski definition) is 1. The molecular formula is C14H22N2. The normalized spacial score (nSPS) is 17.1. The van der Waals surface area contributed by atoms with E-state index in [1.54, 1.807) is 0 Å². The lowest BCUT2D eigenvalue weighted by molar-refractivity contribution is 0.568. The number of aryl methyl sites for hydroxylation is 2. The molecule has 0 aromatic heterocycles. The average molecular weight is 218 g/mol. The Balaban J connectivity index is 2.19. The van der Waals surface area contributed by atoms with Crippen molar-refractivity contribution in [2.45, 2.75) is 32.7 Å². The number of likely N-dealkylation sites (N-methyl/N-ethyl adjacent to an activating group) is 1. The van der Waals surface area contributed by atoms with Crippen LogP contribution in [0.15, 0.2) is 18.2 Å². The van der Waals surface area contributed by atoms with Gasteiger partial charge in [-0.3, -0.25) is 0 Å². The smallest absolute Gasteiger partial charge is 0.0399 e. The molecule has 1 atom stereocenters. The van der Waals surface area contributed by atoms with Crippen LogP contribution in [-0.2, 0) is 6.42 Å². The molecule has 0 radical (unpaired) electrons. The second kappa shape index (κ2) is 4.88. The average Bonchev–Trinajstić information content (AvgIpc) is 2.28. The molecule has 2 nitrogen and oxygen atoms in total. The van der Waals surface area contributed by atoms with Crippen LogP contribution < -0.4 is 10.2 Å². The van der Waals surface area contributed by atoms with Crippen LogP contribution in [0.4, 0.5) is 5.69 Å². The highest BCUT2D eigenvalue weighted by Crippen LogP contribution is 2.27. The number of nitrogens with one attached hydrogen (secondary N) is 1. The Labute approximate surface area is 98.7 Å². The summed E-state index contributed by atoms with van der Waals surface area (Å²) in [5.74, 6) is 0. The lowest BCUT2D eigenvalue weighted by atomic mass is 9.99. The molecule has 0 amide bonds. The van der Waals surface area contributed by atoms with Crippen molar-refractivity contribution < 1.29 is 0 Å². The molecule has 0 fully saturated rings. The van der Waals surface area contributed by atoms with E-state index in [9.17, 15) is 0 Å². The predicted octanol–water partition coefficient (Wildman–Crippen LogP) is 2.36. The second-order valence-corrected chi connectivity index (χ2v) is 4.87. The molecule has 0 aliphatic carbocycles. The van der Waals surface area contributed by atoms with Crippen molar-refractivity contribution in [3.63, 3.8) is 0 Å². The Hall–Kier alpha value is -1.02. The zero-order valence-corrected chi connectivity index (χ0v) is 10.6. The van der Waals surface area contributed by atoms with Gasteiger partial charge in [-0.05, 0) is 45.4 Å². The van der Waals surface area contributed by atoms with Gasteiger partial charge >= 0.3 is 0 Å². The first-order valence-electron chi connectivity index (χ1n) is 6.22. The Bertz CT molecular complexity index is 360. The van der Waals surface area contributed by atoms with Crippen LogP contribution in [0.1, 0.15) is 24.5 Å². The molecule has 1 aromatic rings. The van der Waals surface area contributed by atoms with Gasteiger partial charge in [-0.1, -0.05) is 17.7 Å². The van der Waals surface area contributed by atoms with E-state index in [0.717, 1.165) is 6.54 Å². The SMILES string of the molecule is CNC(C)CN1CCCc2cc(C)ccc21. The summed E-state index contributed by atoms with van der Waals surface area (Å²) in [6.45, 7) is 6.71. The van der Waals surface area contributed by atoms with Gasteiger partial charge in [-0.2, -0.15) is 0 Å². The number of hydrogen-bond acceptors (Lipinski definition) is 2. The molecule has 88 valence electrons. The van der Waals surface area contributed by atoms with E-state index < -0.39 is 0 Å². The van der Waals surface area contributed by atoms with E-state index in [2.05, 4.69) is 42.3 Å². The van der Waals surface area contributed by atoms with E-state index in [4.69, 9.17) is 0 Å². The minimum absolute atomic E-state index is 0.548. The van der Waals surface area contributed by atoms with Gasteiger partial charge in [0.25, 0.3) is 0 Å². The Morgan fingerprint density at radius 1 is 1.44 bits per heavy atom. The van der Waals surface area contributed by atoms with Crippen molar-refractivity contribution in [2.75, 3.05) is 25.0 Å². The van der Waals surface area contributed by atoms with E-state index in [1.807, 2.05) is 7.05 Å². The molecule has 1 N–H and O–H groups in total. The third-order valence-corrected chi connectivity index (χ3v) is 3.44. The summed E-state index contributed by atoms with van der Waals surface area (Å²) in [6, 6.07) is 7.39. The van der Waals surface area contributed by atoms with Gasteiger partial charge in [0, 0.05) is 24.8 Å². The maximum Gasteiger partial charge on any atom is 0.0399 e. The number of rotatable bonds is 3. The van der Waals surface area contributed by atoms with Gasteiger partial charge < -0.3 is 10.2 Å². The summed E-state index contributed by atoms with van der Waals surface area (Å²) in [4.78, 5) is 2.51. The first-order valence-corrected chi connectivity index (χ1v) is 6.22. The van der Waals surface area contributed by atoms with E-state index in [0.29, 0.717) is 6.04 Å². The fraction of sp³-hybridized carbons (Fsp3) is 0.571. The molecule has 2 rings (SSSR count). The summed E-state index contributed by atoms with van der Waals surface area (Å²) in [6.07, 6.45) is 2.52. The summed E-state index contributed by atoms with van der Waals surface area (Å²) < 4.78 is 0. The first-order chi connectivity index (χ1) is 7.70. The largest absolute Gasteiger partial charge is 0.370 e. The number of benzene rings is 1. The number of nitrogens with zero attached hydrogens (tertiary/aromatic N) is 1.